The van der Waals surface area contributed by atoms with Crippen molar-refractivity contribution >= 4 is 204 Å². The fraction of sp³-hybridized carbons (Fsp3) is 0.314. The third-order valence-corrected chi connectivity index (χ3v) is 23.8. The summed E-state index contributed by atoms with van der Waals surface area (Å²) in [4.78, 5) is 30.8. The molecule has 108 heavy (non-hydrogen) atoms. The summed E-state index contributed by atoms with van der Waals surface area (Å²) in [5.41, 5.74) is 12.0. The van der Waals surface area contributed by atoms with Crippen LogP contribution < -0.4 is 42.1 Å². The molecular formula is C86H98Br2Cl4N10O2S4. The number of para-hydroxylation sites is 1. The minimum absolute atomic E-state index is 0. The molecule has 22 heteroatoms. The van der Waals surface area contributed by atoms with E-state index in [-0.39, 0.29) is 30.9 Å². The van der Waals surface area contributed by atoms with Gasteiger partial charge in [-0.1, -0.05) is 216 Å². The highest BCUT2D eigenvalue weighted by atomic mass is 79.9. The van der Waals surface area contributed by atoms with Crippen LogP contribution in [0.1, 0.15) is 134 Å². The van der Waals surface area contributed by atoms with Crippen LogP contribution in [0.5, 0.6) is 0 Å². The molecule has 0 saturated heterocycles. The summed E-state index contributed by atoms with van der Waals surface area (Å²) in [5.74, 6) is 0. The van der Waals surface area contributed by atoms with Gasteiger partial charge in [0.2, 0.25) is 0 Å². The van der Waals surface area contributed by atoms with Crippen molar-refractivity contribution in [2.24, 2.45) is 0 Å². The molecule has 0 aliphatic heterocycles. The number of halogens is 6. The van der Waals surface area contributed by atoms with E-state index >= 15 is 0 Å². The first-order valence-electron chi connectivity index (χ1n) is 36.3. The smallest absolute Gasteiger partial charge is 0.324 e. The van der Waals surface area contributed by atoms with Gasteiger partial charge in [0, 0.05) is 80.5 Å². The number of thiophene rings is 1. The van der Waals surface area contributed by atoms with E-state index in [4.69, 9.17) is 83.1 Å². The second kappa shape index (κ2) is 43.5. The van der Waals surface area contributed by atoms with Gasteiger partial charge >= 0.3 is 12.1 Å². The van der Waals surface area contributed by atoms with Crippen LogP contribution >= 0.6 is 126 Å². The topological polar surface area (TPSA) is 128 Å². The summed E-state index contributed by atoms with van der Waals surface area (Å²) in [6, 6.07) is 58.7. The lowest BCUT2D eigenvalue weighted by atomic mass is 9.86. The molecule has 2 fully saturated rings. The number of thiocarbonyl (C=S) groups is 3. The third-order valence-electron chi connectivity index (χ3n) is 18.9. The van der Waals surface area contributed by atoms with Gasteiger partial charge in [-0.15, -0.1) is 24.5 Å². The molecule has 7 N–H and O–H groups in total. The number of fused-ring (bicyclic) bond motifs is 3. The van der Waals surface area contributed by atoms with Crippen molar-refractivity contribution in [1.29, 1.82) is 0 Å². The summed E-state index contributed by atoms with van der Waals surface area (Å²) in [6.07, 6.45) is 21.6. The largest absolute Gasteiger partial charge is 0.342 e. The Labute approximate surface area is 696 Å². The molecule has 4 amide bonds. The summed E-state index contributed by atoms with van der Waals surface area (Å²) in [7, 11) is 0. The molecule has 2 saturated carbocycles. The standard InChI is InChI=1S/C20H24N2O.C19H16Cl2N2S.2C16H20BrClN2S.C14H14N2OS.CH4/c1-20(2,3)17-10-6-7-11-18(17)22-19(23)21-16-12-14-8-4-5-9-15(14)13-16;1-2-23(18-9-5-7-13-6-3-4-8-15(13)18)19(24)22-14-10-11-16(20)17(21)12-14;2*1-2-10-20(13-6-4-3-5-7-13)16(21)19-12-8-9-14(17)15(18)11-12;17-14(16-13-8-3-9-18-13)15-12-7-2-5-10-4-1-6-11(10)12;/h4-11,16H,12-13H2,1-3H3,(H2,21,22,23);3-12H,2H2,1H3,(H,22,24);2*2,8-9,11,13H,1,3-7,10H2,(H,19,21);2-3,5,7-9H,1,4,6H2,(H2,15,16,17);1H4. The van der Waals surface area contributed by atoms with Crippen molar-refractivity contribution in [3.8, 4) is 0 Å². The number of hydrogen-bond acceptors (Lipinski definition) is 6. The third kappa shape index (κ3) is 25.8. The molecule has 0 atom stereocenters. The molecule has 9 aromatic rings. The Hall–Kier alpha value is -7.07. The maximum atomic E-state index is 12.4. The van der Waals surface area contributed by atoms with E-state index in [0.29, 0.717) is 37.3 Å². The maximum absolute atomic E-state index is 12.4. The van der Waals surface area contributed by atoms with Gasteiger partial charge in [0.15, 0.2) is 15.3 Å². The fourth-order valence-electron chi connectivity index (χ4n) is 13.6. The summed E-state index contributed by atoms with van der Waals surface area (Å²) < 4.78 is 1.77. The van der Waals surface area contributed by atoms with E-state index in [0.717, 1.165) is 109 Å². The highest BCUT2D eigenvalue weighted by Gasteiger charge is 2.27. The van der Waals surface area contributed by atoms with Crippen molar-refractivity contribution in [2.45, 2.75) is 155 Å². The van der Waals surface area contributed by atoms with Gasteiger partial charge in [-0.3, -0.25) is 5.32 Å². The Morgan fingerprint density at radius 2 is 1.03 bits per heavy atom. The van der Waals surface area contributed by atoms with Crippen LogP contribution in [-0.2, 0) is 31.1 Å². The van der Waals surface area contributed by atoms with Gasteiger partial charge in [-0.2, -0.15) is 0 Å². The molecule has 1 aromatic heterocycles. The quantitative estimate of drug-likeness (QED) is 0.0392. The van der Waals surface area contributed by atoms with Gasteiger partial charge in [-0.05, 0) is 262 Å². The van der Waals surface area contributed by atoms with Crippen molar-refractivity contribution in [1.82, 2.24) is 15.1 Å². The van der Waals surface area contributed by atoms with E-state index in [1.807, 2.05) is 121 Å². The zero-order chi connectivity index (χ0) is 76.4. The average Bonchev–Trinajstić information content (AvgIpc) is 0.952. The lowest BCUT2D eigenvalue weighted by Gasteiger charge is -2.35. The minimum atomic E-state index is -0.169. The molecule has 0 spiro atoms. The molecular weight excluding hydrogens is 1630 g/mol. The van der Waals surface area contributed by atoms with Crippen molar-refractivity contribution in [3.63, 3.8) is 0 Å². The molecule has 12 nitrogen and oxygen atoms in total. The SMILES string of the molecule is C.C=CCN(C(=S)Nc1ccc(Br)c(Cl)c1)C1CCCCC1.C=CCN(C(=S)Nc1ccc(Br)c(Cl)c1)C1CCCCC1.CC(C)(C)c1ccccc1NC(=O)NC1Cc2ccccc2C1.CCN(C(=S)Nc1ccc(Cl)c(Cl)c1)c1cccc2ccccc12.O=C(Nc1cccs1)Nc1cccc2c1CCC2. The Balaban J connectivity index is 0.000000170. The summed E-state index contributed by atoms with van der Waals surface area (Å²) in [5, 5.41) is 31.4. The summed E-state index contributed by atoms with van der Waals surface area (Å²) in [6.45, 7) is 18.5. The van der Waals surface area contributed by atoms with E-state index in [9.17, 15) is 9.59 Å². The number of rotatable bonds is 15. The van der Waals surface area contributed by atoms with Crippen molar-refractivity contribution in [3.05, 3.63) is 263 Å². The number of hydrogen-bond donors (Lipinski definition) is 7. The van der Waals surface area contributed by atoms with Crippen LogP contribution in [0, 0.1) is 0 Å². The number of aryl methyl sites for hydroxylation is 1. The highest BCUT2D eigenvalue weighted by Crippen LogP contribution is 2.35. The molecule has 570 valence electrons. The number of benzene rings is 8. The number of nitrogens with zero attached hydrogens (tertiary/aromatic N) is 3. The van der Waals surface area contributed by atoms with Crippen LogP contribution in [0.15, 0.2) is 216 Å². The van der Waals surface area contributed by atoms with E-state index < -0.39 is 0 Å². The molecule has 4 aliphatic rings. The van der Waals surface area contributed by atoms with Crippen LogP contribution in [0.25, 0.3) is 10.8 Å². The first-order valence-corrected chi connectivity index (χ1v) is 41.5. The molecule has 4 aliphatic carbocycles. The first kappa shape index (κ1) is 86.5. The lowest BCUT2D eigenvalue weighted by Crippen LogP contribution is -2.43. The van der Waals surface area contributed by atoms with Gasteiger partial charge in [0.25, 0.3) is 0 Å². The molecule has 0 bridgehead atoms. The van der Waals surface area contributed by atoms with Crippen LogP contribution in [-0.4, -0.2) is 75.0 Å². The highest BCUT2D eigenvalue weighted by molar-refractivity contribution is 9.10. The molecule has 8 aromatic carbocycles. The van der Waals surface area contributed by atoms with Crippen LogP contribution in [0.2, 0.25) is 20.1 Å². The van der Waals surface area contributed by atoms with E-state index in [1.165, 1.54) is 115 Å². The zero-order valence-corrected chi connectivity index (χ0v) is 70.4. The number of carbonyl (C=O) groups excluding carboxylic acids is 2. The minimum Gasteiger partial charge on any atom is -0.342 e. The van der Waals surface area contributed by atoms with E-state index in [1.54, 1.807) is 12.1 Å². The first-order chi connectivity index (χ1) is 51.6. The average molecular weight is 1730 g/mol. The maximum Gasteiger partial charge on any atom is 0.324 e. The molecule has 0 unspecified atom stereocenters. The van der Waals surface area contributed by atoms with Gasteiger partial charge < -0.3 is 46.6 Å². The van der Waals surface area contributed by atoms with Crippen molar-refractivity contribution < 1.29 is 9.59 Å². The number of nitrogens with one attached hydrogen (secondary N) is 7. The predicted octanol–water partition coefficient (Wildman–Crippen LogP) is 26.4. The molecule has 1 heterocycles. The fourth-order valence-corrected chi connectivity index (χ4v) is 16.4. The number of carbonyl (C=O) groups is 2. The van der Waals surface area contributed by atoms with Gasteiger partial charge in [0.05, 0.1) is 30.8 Å². The number of amides is 4. The van der Waals surface area contributed by atoms with Gasteiger partial charge in [0.1, 0.15) is 0 Å². The van der Waals surface area contributed by atoms with Crippen LogP contribution in [0.3, 0.4) is 0 Å². The predicted molar refractivity (Wildman–Crippen MR) is 485 cm³/mol. The van der Waals surface area contributed by atoms with Crippen molar-refractivity contribution in [2.75, 3.05) is 56.4 Å². The molecule has 13 rings (SSSR count). The Morgan fingerprint density at radius 3 is 1.57 bits per heavy atom. The normalized spacial score (nSPS) is 13.6. The second-order valence-corrected chi connectivity index (χ2v) is 33.0. The Kier molecular flexibility index (Phi) is 34.9. The molecule has 0 radical (unpaired) electrons. The Morgan fingerprint density at radius 1 is 0.528 bits per heavy atom. The van der Waals surface area contributed by atoms with Crippen LogP contribution in [0.4, 0.5) is 48.7 Å². The Bertz CT molecular complexity index is 4390. The summed E-state index contributed by atoms with van der Waals surface area (Å²) >= 11 is 49.4. The number of anilines is 7. The monoisotopic (exact) mass is 1730 g/mol. The lowest BCUT2D eigenvalue weighted by molar-refractivity contribution is 0.248. The number of urea groups is 2. The van der Waals surface area contributed by atoms with Gasteiger partial charge in [-0.25, -0.2) is 9.59 Å². The zero-order valence-electron chi connectivity index (χ0n) is 60.9. The van der Waals surface area contributed by atoms with E-state index in [2.05, 4.69) is 185 Å². The second-order valence-electron chi connectivity index (χ2n) is 27.5.